The summed E-state index contributed by atoms with van der Waals surface area (Å²) in [6.07, 6.45) is 4.92. The average Bonchev–Trinajstić information content (AvgIpc) is 2.98. The van der Waals surface area contributed by atoms with E-state index in [4.69, 9.17) is 0 Å². The third kappa shape index (κ3) is 2.82. The number of carbonyl (C=O) groups is 1. The number of nitrogens with zero attached hydrogens (tertiary/aromatic N) is 4. The Labute approximate surface area is 124 Å². The van der Waals surface area contributed by atoms with Gasteiger partial charge in [0.1, 0.15) is 6.33 Å². The first-order chi connectivity index (χ1) is 10.1. The summed E-state index contributed by atoms with van der Waals surface area (Å²) in [6.45, 7) is 4.94. The molecule has 0 saturated carbocycles. The van der Waals surface area contributed by atoms with E-state index in [-0.39, 0.29) is 17.8 Å². The molecule has 1 fully saturated rings. The van der Waals surface area contributed by atoms with Gasteiger partial charge in [-0.25, -0.2) is 9.67 Å². The Morgan fingerprint density at radius 2 is 2.00 bits per heavy atom. The molecule has 3 rings (SSSR count). The van der Waals surface area contributed by atoms with Crippen LogP contribution in [-0.4, -0.2) is 38.2 Å². The summed E-state index contributed by atoms with van der Waals surface area (Å²) >= 11 is 0. The molecule has 5 heteroatoms. The van der Waals surface area contributed by atoms with Crippen LogP contribution in [0.15, 0.2) is 30.6 Å². The molecule has 0 N–H and O–H groups in total. The summed E-state index contributed by atoms with van der Waals surface area (Å²) < 4.78 is 1.65. The van der Waals surface area contributed by atoms with Crippen LogP contribution in [0, 0.1) is 6.92 Å². The smallest absolute Gasteiger partial charge is 0.293 e. The van der Waals surface area contributed by atoms with Crippen molar-refractivity contribution < 1.29 is 4.79 Å². The normalized spacial score (nSPS) is 18.8. The van der Waals surface area contributed by atoms with Gasteiger partial charge in [0, 0.05) is 12.6 Å². The number of hydrogen-bond donors (Lipinski definition) is 0. The van der Waals surface area contributed by atoms with E-state index in [1.165, 1.54) is 12.0 Å². The fourth-order valence-corrected chi connectivity index (χ4v) is 2.71. The largest absolute Gasteiger partial charge is 0.333 e. The van der Waals surface area contributed by atoms with Crippen molar-refractivity contribution in [3.8, 4) is 5.69 Å². The zero-order chi connectivity index (χ0) is 14.8. The Kier molecular flexibility index (Phi) is 3.73. The van der Waals surface area contributed by atoms with Crippen LogP contribution >= 0.6 is 0 Å². The zero-order valence-corrected chi connectivity index (χ0v) is 12.5. The van der Waals surface area contributed by atoms with Gasteiger partial charge in [-0.3, -0.25) is 4.79 Å². The summed E-state index contributed by atoms with van der Waals surface area (Å²) in [5.74, 6) is 0.220. The third-order valence-electron chi connectivity index (χ3n) is 4.05. The summed E-state index contributed by atoms with van der Waals surface area (Å²) in [6, 6.07) is 8.26. The second-order valence-electron chi connectivity index (χ2n) is 5.69. The fraction of sp³-hybridized carbons (Fsp3) is 0.438. The highest BCUT2D eigenvalue weighted by molar-refractivity contribution is 5.90. The maximum Gasteiger partial charge on any atom is 0.293 e. The van der Waals surface area contributed by atoms with Crippen LogP contribution in [0.25, 0.3) is 5.69 Å². The van der Waals surface area contributed by atoms with Gasteiger partial charge in [-0.05, 0) is 45.2 Å². The summed E-state index contributed by atoms with van der Waals surface area (Å²) in [7, 11) is 0. The highest BCUT2D eigenvalue weighted by Gasteiger charge is 2.26. The maximum absolute atomic E-state index is 12.5. The van der Waals surface area contributed by atoms with Crippen LogP contribution in [0.5, 0.6) is 0 Å². The molecule has 1 amide bonds. The van der Waals surface area contributed by atoms with Crippen LogP contribution < -0.4 is 0 Å². The van der Waals surface area contributed by atoms with Gasteiger partial charge in [-0.2, -0.15) is 0 Å². The monoisotopic (exact) mass is 284 g/mol. The standard InChI is InChI=1S/C16H20N4O/c1-12-6-8-14(9-7-12)20-11-17-15(18-20)16(21)19-10-4-3-5-13(19)2/h6-9,11,13H,3-5,10H2,1-2H3/t13-/m0/s1. The number of aromatic nitrogens is 3. The van der Waals surface area contributed by atoms with Crippen molar-refractivity contribution in [1.82, 2.24) is 19.7 Å². The van der Waals surface area contributed by atoms with Crippen LogP contribution in [0.2, 0.25) is 0 Å². The van der Waals surface area contributed by atoms with Crippen molar-refractivity contribution in [1.29, 1.82) is 0 Å². The number of benzene rings is 1. The van der Waals surface area contributed by atoms with Gasteiger partial charge in [0.25, 0.3) is 5.91 Å². The molecule has 0 radical (unpaired) electrons. The van der Waals surface area contributed by atoms with E-state index in [0.29, 0.717) is 0 Å². The number of carbonyl (C=O) groups excluding carboxylic acids is 1. The van der Waals surface area contributed by atoms with Gasteiger partial charge in [0.2, 0.25) is 5.82 Å². The predicted octanol–water partition coefficient (Wildman–Crippen LogP) is 2.59. The minimum absolute atomic E-state index is 0.0620. The molecule has 0 spiro atoms. The van der Waals surface area contributed by atoms with Crippen molar-refractivity contribution in [3.05, 3.63) is 42.0 Å². The lowest BCUT2D eigenvalue weighted by atomic mass is 10.0. The van der Waals surface area contributed by atoms with Crippen molar-refractivity contribution in [2.75, 3.05) is 6.54 Å². The summed E-state index contributed by atoms with van der Waals surface area (Å²) in [4.78, 5) is 18.6. The van der Waals surface area contributed by atoms with Crippen molar-refractivity contribution in [2.45, 2.75) is 39.2 Å². The van der Waals surface area contributed by atoms with E-state index in [1.54, 1.807) is 11.0 Å². The number of piperidine rings is 1. The Morgan fingerprint density at radius 1 is 1.24 bits per heavy atom. The lowest BCUT2D eigenvalue weighted by molar-refractivity contribution is 0.0623. The molecule has 1 aromatic carbocycles. The van der Waals surface area contributed by atoms with Gasteiger partial charge in [0.05, 0.1) is 5.69 Å². The first-order valence-corrected chi connectivity index (χ1v) is 7.45. The molecule has 2 aromatic rings. The Morgan fingerprint density at radius 3 is 2.71 bits per heavy atom. The SMILES string of the molecule is Cc1ccc(-n2cnc(C(=O)N3CCCC[C@@H]3C)n2)cc1. The summed E-state index contributed by atoms with van der Waals surface area (Å²) in [5, 5.41) is 4.33. The highest BCUT2D eigenvalue weighted by atomic mass is 16.2. The minimum atomic E-state index is -0.0620. The Bertz CT molecular complexity index is 632. The molecule has 1 aliphatic heterocycles. The Balaban J connectivity index is 1.81. The second kappa shape index (κ2) is 5.68. The number of aryl methyl sites for hydroxylation is 1. The molecule has 5 nitrogen and oxygen atoms in total. The van der Waals surface area contributed by atoms with Gasteiger partial charge in [-0.15, -0.1) is 5.10 Å². The number of likely N-dealkylation sites (tertiary alicyclic amines) is 1. The second-order valence-corrected chi connectivity index (χ2v) is 5.69. The molecule has 0 unspecified atom stereocenters. The lowest BCUT2D eigenvalue weighted by Gasteiger charge is -2.32. The molecule has 2 heterocycles. The highest BCUT2D eigenvalue weighted by Crippen LogP contribution is 2.18. The zero-order valence-electron chi connectivity index (χ0n) is 12.5. The number of hydrogen-bond acceptors (Lipinski definition) is 3. The quantitative estimate of drug-likeness (QED) is 0.851. The van der Waals surface area contributed by atoms with Crippen LogP contribution in [-0.2, 0) is 0 Å². The first-order valence-electron chi connectivity index (χ1n) is 7.45. The molecule has 1 saturated heterocycles. The maximum atomic E-state index is 12.5. The van der Waals surface area contributed by atoms with Crippen molar-refractivity contribution in [3.63, 3.8) is 0 Å². The fourth-order valence-electron chi connectivity index (χ4n) is 2.71. The number of amides is 1. The van der Waals surface area contributed by atoms with E-state index in [2.05, 4.69) is 17.0 Å². The average molecular weight is 284 g/mol. The molecular formula is C16H20N4O. The van der Waals surface area contributed by atoms with Gasteiger partial charge in [-0.1, -0.05) is 17.7 Å². The molecule has 1 atom stereocenters. The van der Waals surface area contributed by atoms with E-state index in [0.717, 1.165) is 25.1 Å². The van der Waals surface area contributed by atoms with E-state index in [1.807, 2.05) is 36.1 Å². The van der Waals surface area contributed by atoms with E-state index in [9.17, 15) is 4.79 Å². The van der Waals surface area contributed by atoms with Crippen LogP contribution in [0.1, 0.15) is 42.4 Å². The first kappa shape index (κ1) is 13.8. The predicted molar refractivity (Wildman–Crippen MR) is 80.4 cm³/mol. The van der Waals surface area contributed by atoms with Crippen LogP contribution in [0.3, 0.4) is 0 Å². The third-order valence-corrected chi connectivity index (χ3v) is 4.05. The number of rotatable bonds is 2. The van der Waals surface area contributed by atoms with E-state index < -0.39 is 0 Å². The lowest BCUT2D eigenvalue weighted by Crippen LogP contribution is -2.42. The topological polar surface area (TPSA) is 51.0 Å². The molecule has 110 valence electrons. The molecular weight excluding hydrogens is 264 g/mol. The Hall–Kier alpha value is -2.17. The molecule has 0 aliphatic carbocycles. The molecule has 1 aromatic heterocycles. The van der Waals surface area contributed by atoms with Gasteiger partial charge >= 0.3 is 0 Å². The minimum Gasteiger partial charge on any atom is -0.333 e. The van der Waals surface area contributed by atoms with Crippen molar-refractivity contribution in [2.24, 2.45) is 0 Å². The van der Waals surface area contributed by atoms with Gasteiger partial charge < -0.3 is 4.90 Å². The molecule has 0 bridgehead atoms. The summed E-state index contributed by atoms with van der Waals surface area (Å²) in [5.41, 5.74) is 2.11. The van der Waals surface area contributed by atoms with Gasteiger partial charge in [0.15, 0.2) is 0 Å². The molecule has 1 aliphatic rings. The van der Waals surface area contributed by atoms with Crippen molar-refractivity contribution >= 4 is 5.91 Å². The van der Waals surface area contributed by atoms with Crippen LogP contribution in [0.4, 0.5) is 0 Å². The molecule has 21 heavy (non-hydrogen) atoms. The van der Waals surface area contributed by atoms with E-state index >= 15 is 0 Å².